The molecule has 0 unspecified atom stereocenters. The Bertz CT molecular complexity index is 622. The minimum atomic E-state index is -1.06. The average molecular weight is 312 g/mol. The molecule has 1 aliphatic heterocycles. The molecule has 3 heteroatoms. The van der Waals surface area contributed by atoms with Gasteiger partial charge in [0, 0.05) is 17.3 Å². The normalized spacial score (nSPS) is 34.1. The molecule has 0 spiro atoms. The first-order chi connectivity index (χ1) is 11.2. The highest BCUT2D eigenvalue weighted by Gasteiger charge is 2.54. The highest BCUT2D eigenvalue weighted by Crippen LogP contribution is 2.62. The lowest BCUT2D eigenvalue weighted by atomic mass is 9.65. The predicted octanol–water partition coefficient (Wildman–Crippen LogP) is 3.41. The molecule has 23 heavy (non-hydrogen) atoms. The van der Waals surface area contributed by atoms with E-state index in [0.717, 1.165) is 30.4 Å². The van der Waals surface area contributed by atoms with Gasteiger partial charge in [-0.15, -0.1) is 0 Å². The molecule has 2 fully saturated rings. The smallest absolute Gasteiger partial charge is 0.0736 e. The van der Waals surface area contributed by atoms with E-state index in [2.05, 4.69) is 25.2 Å². The van der Waals surface area contributed by atoms with Crippen LogP contribution in [0.2, 0.25) is 0 Å². The number of nitrogens with one attached hydrogen (secondary N) is 1. The van der Waals surface area contributed by atoms with Crippen LogP contribution in [0.3, 0.4) is 0 Å². The predicted molar refractivity (Wildman–Crippen MR) is 89.3 cm³/mol. The maximum Gasteiger partial charge on any atom is 0.0736 e. The van der Waals surface area contributed by atoms with Gasteiger partial charge in [0.05, 0.1) is 5.97 Å². The van der Waals surface area contributed by atoms with Crippen molar-refractivity contribution >= 4 is 11.7 Å². The number of anilines is 1. The van der Waals surface area contributed by atoms with Crippen LogP contribution in [0.25, 0.3) is 0 Å². The topological polar surface area (TPSA) is 52.2 Å². The van der Waals surface area contributed by atoms with Crippen LogP contribution in [-0.2, 0) is 0 Å². The molecule has 0 amide bonds. The summed E-state index contributed by atoms with van der Waals surface area (Å²) >= 11 is 0. The summed E-state index contributed by atoms with van der Waals surface area (Å²) in [5.74, 6) is 2.37. The Morgan fingerprint density at radius 2 is 2.00 bits per heavy atom. The minimum absolute atomic E-state index is 0.347. The number of fused-ring (bicyclic) bond motifs is 7. The van der Waals surface area contributed by atoms with E-state index < -0.39 is 5.97 Å². The van der Waals surface area contributed by atoms with Gasteiger partial charge in [-0.05, 0) is 54.4 Å². The Kier molecular flexibility index (Phi) is 3.62. The fraction of sp³-hybridized carbons (Fsp3) is 0.650. The van der Waals surface area contributed by atoms with E-state index in [4.69, 9.17) is 0 Å². The van der Waals surface area contributed by atoms with Crippen molar-refractivity contribution in [2.24, 2.45) is 23.7 Å². The molecule has 3 nitrogen and oxygen atoms in total. The summed E-state index contributed by atoms with van der Waals surface area (Å²) in [5, 5.41) is 15.3. The number of benzene rings is 1. The highest BCUT2D eigenvalue weighted by atomic mass is 16.4. The number of carboxylic acid groups (broad SMARTS) is 1. The summed E-state index contributed by atoms with van der Waals surface area (Å²) in [4.78, 5) is 11.6. The number of rotatable bonds is 4. The van der Waals surface area contributed by atoms with Gasteiger partial charge in [-0.1, -0.05) is 44.9 Å². The van der Waals surface area contributed by atoms with Crippen molar-refractivity contribution in [2.45, 2.75) is 57.9 Å². The number of carboxylic acids is 1. The summed E-state index contributed by atoms with van der Waals surface area (Å²) < 4.78 is 0. The van der Waals surface area contributed by atoms with Crippen LogP contribution in [-0.4, -0.2) is 12.0 Å². The molecule has 1 aromatic carbocycles. The van der Waals surface area contributed by atoms with Crippen molar-refractivity contribution in [3.63, 3.8) is 0 Å². The molecule has 2 aliphatic carbocycles. The fourth-order valence-corrected chi connectivity index (χ4v) is 5.98. The molecule has 0 radical (unpaired) electrons. The first-order valence-electron chi connectivity index (χ1n) is 9.26. The molecule has 1 N–H and O–H groups in total. The summed E-state index contributed by atoms with van der Waals surface area (Å²) in [6.45, 7) is 4.52. The van der Waals surface area contributed by atoms with E-state index in [0.29, 0.717) is 29.4 Å². The lowest BCUT2D eigenvalue weighted by Crippen LogP contribution is -2.46. The Morgan fingerprint density at radius 1 is 1.26 bits per heavy atom. The van der Waals surface area contributed by atoms with Gasteiger partial charge in [-0.2, -0.15) is 0 Å². The monoisotopic (exact) mass is 312 g/mol. The standard InChI is InChI=1S/C20H27NO2/c1-3-11(4-2)18-17-13-9-8-12(10-13)16(17)14-6-5-7-15(20(22)23)19(14)21-18/h5-7,11-13,16-18,21H,3-4,8-10H2,1-2H3,(H,22,23)/p-1/t12-,13-,16+,17-,18-/m0/s1. The number of aromatic carboxylic acids is 1. The van der Waals surface area contributed by atoms with E-state index in [1.807, 2.05) is 6.07 Å². The van der Waals surface area contributed by atoms with Crippen LogP contribution in [0.4, 0.5) is 5.69 Å². The second kappa shape index (κ2) is 5.54. The van der Waals surface area contributed by atoms with Gasteiger partial charge in [-0.3, -0.25) is 0 Å². The molecule has 124 valence electrons. The van der Waals surface area contributed by atoms with Gasteiger partial charge in [0.15, 0.2) is 0 Å². The maximum atomic E-state index is 11.6. The van der Waals surface area contributed by atoms with Gasteiger partial charge in [0.2, 0.25) is 0 Å². The van der Waals surface area contributed by atoms with Crippen molar-refractivity contribution in [1.29, 1.82) is 0 Å². The van der Waals surface area contributed by atoms with Crippen LogP contribution in [0.15, 0.2) is 18.2 Å². The lowest BCUT2D eigenvalue weighted by molar-refractivity contribution is -0.254. The molecule has 2 bridgehead atoms. The second-order valence-electron chi connectivity index (χ2n) is 7.74. The largest absolute Gasteiger partial charge is 0.545 e. The first kappa shape index (κ1) is 15.0. The number of hydrogen-bond donors (Lipinski definition) is 1. The van der Waals surface area contributed by atoms with Gasteiger partial charge in [-0.25, -0.2) is 0 Å². The molecular formula is C20H26NO2-. The molecule has 0 aromatic heterocycles. The van der Waals surface area contributed by atoms with E-state index in [9.17, 15) is 9.90 Å². The van der Waals surface area contributed by atoms with Crippen LogP contribution in [0.1, 0.15) is 67.8 Å². The van der Waals surface area contributed by atoms with E-state index in [1.165, 1.54) is 24.8 Å². The van der Waals surface area contributed by atoms with Crippen molar-refractivity contribution < 1.29 is 9.90 Å². The van der Waals surface area contributed by atoms with Gasteiger partial charge in [0.25, 0.3) is 0 Å². The highest BCUT2D eigenvalue weighted by molar-refractivity contribution is 5.94. The number of carbonyl (C=O) groups is 1. The number of hydrogen-bond acceptors (Lipinski definition) is 3. The van der Waals surface area contributed by atoms with Crippen LogP contribution < -0.4 is 10.4 Å². The van der Waals surface area contributed by atoms with Crippen molar-refractivity contribution in [3.8, 4) is 0 Å². The van der Waals surface area contributed by atoms with Crippen LogP contribution in [0, 0.1) is 23.7 Å². The maximum absolute atomic E-state index is 11.6. The molecule has 4 rings (SSSR count). The van der Waals surface area contributed by atoms with Crippen LogP contribution in [0.5, 0.6) is 0 Å². The van der Waals surface area contributed by atoms with Crippen LogP contribution >= 0.6 is 0 Å². The summed E-state index contributed by atoms with van der Waals surface area (Å²) in [6, 6.07) is 6.15. The zero-order valence-electron chi connectivity index (χ0n) is 14.0. The van der Waals surface area contributed by atoms with E-state index >= 15 is 0 Å². The van der Waals surface area contributed by atoms with Gasteiger partial charge in [0.1, 0.15) is 0 Å². The number of para-hydroxylation sites is 1. The fourth-order valence-electron chi connectivity index (χ4n) is 5.98. The Labute approximate surface area is 138 Å². The van der Waals surface area contributed by atoms with Gasteiger partial charge >= 0.3 is 0 Å². The molecule has 3 aliphatic rings. The summed E-state index contributed by atoms with van der Waals surface area (Å²) in [6.07, 6.45) is 6.31. The quantitative estimate of drug-likeness (QED) is 0.927. The zero-order valence-corrected chi connectivity index (χ0v) is 14.0. The Balaban J connectivity index is 1.83. The van der Waals surface area contributed by atoms with Crippen molar-refractivity contribution in [3.05, 3.63) is 29.3 Å². The first-order valence-corrected chi connectivity index (χ1v) is 9.26. The molecule has 1 aromatic rings. The van der Waals surface area contributed by atoms with E-state index in [-0.39, 0.29) is 0 Å². The third-order valence-corrected chi connectivity index (χ3v) is 6.94. The third kappa shape index (κ3) is 2.12. The molecule has 5 atom stereocenters. The average Bonchev–Trinajstić information content (AvgIpc) is 3.17. The Hall–Kier alpha value is -1.51. The van der Waals surface area contributed by atoms with E-state index in [1.54, 1.807) is 6.07 Å². The number of carbonyl (C=O) groups excluding carboxylic acids is 1. The molecule has 0 saturated heterocycles. The summed E-state index contributed by atoms with van der Waals surface area (Å²) in [5.41, 5.74) is 2.45. The molecule has 1 heterocycles. The van der Waals surface area contributed by atoms with Gasteiger partial charge < -0.3 is 15.2 Å². The van der Waals surface area contributed by atoms with Crippen molar-refractivity contribution in [2.75, 3.05) is 5.32 Å². The Morgan fingerprint density at radius 3 is 2.70 bits per heavy atom. The molecular weight excluding hydrogens is 286 g/mol. The minimum Gasteiger partial charge on any atom is -0.545 e. The lowest BCUT2D eigenvalue weighted by Gasteiger charge is -2.46. The second-order valence-corrected chi connectivity index (χ2v) is 7.74. The summed E-state index contributed by atoms with van der Waals surface area (Å²) in [7, 11) is 0. The van der Waals surface area contributed by atoms with Crippen molar-refractivity contribution in [1.82, 2.24) is 0 Å². The third-order valence-electron chi connectivity index (χ3n) is 6.94. The SMILES string of the molecule is CCC(CC)[C@@H]1Nc2c(C(=O)[O-])cccc2[C@H]2[C@H]3CC[C@@H](C3)[C@@H]21. The molecule has 2 saturated carbocycles. The zero-order chi connectivity index (χ0) is 16.1.